The van der Waals surface area contributed by atoms with Gasteiger partial charge in [0.05, 0.1) is 11.3 Å². The molecule has 2 aromatic heterocycles. The predicted octanol–water partition coefficient (Wildman–Crippen LogP) is 2.48. The number of esters is 1. The molecule has 140 valence electrons. The van der Waals surface area contributed by atoms with E-state index in [0.717, 1.165) is 16.6 Å². The third kappa shape index (κ3) is 3.97. The third-order valence-corrected chi connectivity index (χ3v) is 4.37. The summed E-state index contributed by atoms with van der Waals surface area (Å²) in [4.78, 5) is 30.8. The molecule has 7 nitrogen and oxygen atoms in total. The molecule has 0 radical (unpaired) electrons. The fourth-order valence-corrected chi connectivity index (χ4v) is 2.94. The van der Waals surface area contributed by atoms with E-state index in [4.69, 9.17) is 4.74 Å². The van der Waals surface area contributed by atoms with Gasteiger partial charge in [0.1, 0.15) is 0 Å². The Kier molecular flexibility index (Phi) is 5.21. The van der Waals surface area contributed by atoms with Crippen molar-refractivity contribution in [3.8, 4) is 0 Å². The van der Waals surface area contributed by atoms with Crippen molar-refractivity contribution in [2.24, 2.45) is 7.05 Å². The average Bonchev–Trinajstić information content (AvgIpc) is 2.95. The van der Waals surface area contributed by atoms with Gasteiger partial charge in [-0.2, -0.15) is 5.10 Å². The fourth-order valence-electron chi connectivity index (χ4n) is 2.94. The van der Waals surface area contributed by atoms with Crippen LogP contribution in [0, 0.1) is 6.92 Å². The number of ether oxygens (including phenoxy) is 1. The van der Waals surface area contributed by atoms with Crippen molar-refractivity contribution < 1.29 is 14.3 Å². The standard InChI is InChI=1S/C20H22N4O3/c1-13-17-10-16(11-21-18(17)24(4)22-13)20(26)27-14(2)19(25)23(3)12-15-8-6-5-7-9-15/h5-11,14H,12H2,1-4H3/t14-/m1/s1. The third-order valence-electron chi connectivity index (χ3n) is 4.37. The number of fused-ring (bicyclic) bond motifs is 1. The molecule has 7 heteroatoms. The van der Waals surface area contributed by atoms with Crippen LogP contribution in [0.5, 0.6) is 0 Å². The number of aromatic nitrogens is 3. The summed E-state index contributed by atoms with van der Waals surface area (Å²) in [5, 5.41) is 5.07. The molecular weight excluding hydrogens is 344 g/mol. The molecule has 1 aromatic carbocycles. The van der Waals surface area contributed by atoms with E-state index in [1.165, 1.54) is 6.20 Å². The van der Waals surface area contributed by atoms with Crippen molar-refractivity contribution in [2.75, 3.05) is 7.05 Å². The number of hydrogen-bond donors (Lipinski definition) is 0. The Morgan fingerprint density at radius 2 is 1.96 bits per heavy atom. The molecule has 0 aliphatic rings. The highest BCUT2D eigenvalue weighted by Crippen LogP contribution is 2.17. The number of carbonyl (C=O) groups is 2. The highest BCUT2D eigenvalue weighted by Gasteiger charge is 2.23. The van der Waals surface area contributed by atoms with E-state index in [9.17, 15) is 9.59 Å². The minimum Gasteiger partial charge on any atom is -0.449 e. The van der Waals surface area contributed by atoms with Crippen LogP contribution in [0.2, 0.25) is 0 Å². The SMILES string of the molecule is Cc1nn(C)c2ncc(C(=O)O[C@H](C)C(=O)N(C)Cc3ccccc3)cc12. The van der Waals surface area contributed by atoms with Gasteiger partial charge in [0, 0.05) is 32.2 Å². The number of aryl methyl sites for hydroxylation is 2. The Morgan fingerprint density at radius 1 is 1.26 bits per heavy atom. The maximum atomic E-state index is 12.5. The molecule has 0 bridgehead atoms. The van der Waals surface area contributed by atoms with Gasteiger partial charge in [-0.15, -0.1) is 0 Å². The summed E-state index contributed by atoms with van der Waals surface area (Å²) in [6.45, 7) is 3.87. The van der Waals surface area contributed by atoms with Crippen LogP contribution in [0.15, 0.2) is 42.6 Å². The summed E-state index contributed by atoms with van der Waals surface area (Å²) >= 11 is 0. The molecule has 0 fully saturated rings. The second-order valence-electron chi connectivity index (χ2n) is 6.53. The summed E-state index contributed by atoms with van der Waals surface area (Å²) in [6.07, 6.45) is 0.549. The molecule has 2 heterocycles. The fraction of sp³-hybridized carbons (Fsp3) is 0.300. The number of hydrogen-bond acceptors (Lipinski definition) is 5. The first kappa shape index (κ1) is 18.6. The molecule has 3 aromatic rings. The molecule has 0 N–H and O–H groups in total. The zero-order chi connectivity index (χ0) is 19.6. The highest BCUT2D eigenvalue weighted by molar-refractivity contribution is 5.95. The molecule has 0 unspecified atom stereocenters. The number of nitrogens with zero attached hydrogens (tertiary/aromatic N) is 4. The van der Waals surface area contributed by atoms with Crippen LogP contribution in [0.4, 0.5) is 0 Å². The predicted molar refractivity (Wildman–Crippen MR) is 101 cm³/mol. The van der Waals surface area contributed by atoms with Gasteiger partial charge in [-0.05, 0) is 25.5 Å². The van der Waals surface area contributed by atoms with Crippen molar-refractivity contribution in [3.63, 3.8) is 0 Å². The minimum absolute atomic E-state index is 0.265. The van der Waals surface area contributed by atoms with Crippen LogP contribution in [0.1, 0.15) is 28.5 Å². The van der Waals surface area contributed by atoms with Crippen LogP contribution in [0.3, 0.4) is 0 Å². The number of amides is 1. The highest BCUT2D eigenvalue weighted by atomic mass is 16.5. The van der Waals surface area contributed by atoms with Crippen LogP contribution in [0.25, 0.3) is 11.0 Å². The molecule has 1 atom stereocenters. The molecule has 0 spiro atoms. The quantitative estimate of drug-likeness (QED) is 0.648. The lowest BCUT2D eigenvalue weighted by molar-refractivity contribution is -0.139. The largest absolute Gasteiger partial charge is 0.449 e. The van der Waals surface area contributed by atoms with E-state index in [1.807, 2.05) is 37.3 Å². The first-order chi connectivity index (χ1) is 12.9. The Labute approximate surface area is 157 Å². The van der Waals surface area contributed by atoms with Crippen molar-refractivity contribution in [2.45, 2.75) is 26.5 Å². The lowest BCUT2D eigenvalue weighted by Crippen LogP contribution is -2.37. The second-order valence-corrected chi connectivity index (χ2v) is 6.53. The summed E-state index contributed by atoms with van der Waals surface area (Å²) < 4.78 is 7.01. The Bertz CT molecular complexity index is 982. The first-order valence-electron chi connectivity index (χ1n) is 8.66. The van der Waals surface area contributed by atoms with Gasteiger partial charge in [-0.3, -0.25) is 9.48 Å². The van der Waals surface area contributed by atoms with Gasteiger partial charge in [0.2, 0.25) is 0 Å². The number of benzene rings is 1. The normalized spacial score (nSPS) is 12.0. The van der Waals surface area contributed by atoms with E-state index < -0.39 is 12.1 Å². The smallest absolute Gasteiger partial charge is 0.340 e. The maximum Gasteiger partial charge on any atom is 0.340 e. The molecule has 0 saturated heterocycles. The lowest BCUT2D eigenvalue weighted by atomic mass is 10.2. The van der Waals surface area contributed by atoms with E-state index in [-0.39, 0.29) is 5.91 Å². The van der Waals surface area contributed by atoms with E-state index in [1.54, 1.807) is 36.7 Å². The minimum atomic E-state index is -0.892. The molecule has 3 rings (SSSR count). The molecule has 0 aliphatic carbocycles. The zero-order valence-corrected chi connectivity index (χ0v) is 15.8. The number of pyridine rings is 1. The monoisotopic (exact) mass is 366 g/mol. The lowest BCUT2D eigenvalue weighted by Gasteiger charge is -2.21. The molecule has 0 saturated carbocycles. The van der Waals surface area contributed by atoms with E-state index in [0.29, 0.717) is 17.8 Å². The Morgan fingerprint density at radius 3 is 2.67 bits per heavy atom. The number of rotatable bonds is 5. The summed E-state index contributed by atoms with van der Waals surface area (Å²) in [5.74, 6) is -0.847. The summed E-state index contributed by atoms with van der Waals surface area (Å²) in [6, 6.07) is 11.3. The van der Waals surface area contributed by atoms with Crippen molar-refractivity contribution in [1.29, 1.82) is 0 Å². The molecule has 1 amide bonds. The van der Waals surface area contributed by atoms with Crippen molar-refractivity contribution in [1.82, 2.24) is 19.7 Å². The topological polar surface area (TPSA) is 77.3 Å². The van der Waals surface area contributed by atoms with Gasteiger partial charge in [0.25, 0.3) is 5.91 Å². The van der Waals surface area contributed by atoms with Crippen LogP contribution >= 0.6 is 0 Å². The molecule has 27 heavy (non-hydrogen) atoms. The van der Waals surface area contributed by atoms with Gasteiger partial charge in [-0.25, -0.2) is 9.78 Å². The van der Waals surface area contributed by atoms with Crippen LogP contribution < -0.4 is 0 Å². The first-order valence-corrected chi connectivity index (χ1v) is 8.66. The van der Waals surface area contributed by atoms with Gasteiger partial charge in [0.15, 0.2) is 11.8 Å². The summed E-state index contributed by atoms with van der Waals surface area (Å²) in [7, 11) is 3.48. The number of carbonyl (C=O) groups excluding carboxylic acids is 2. The van der Waals surface area contributed by atoms with Gasteiger partial charge < -0.3 is 9.64 Å². The Balaban J connectivity index is 1.67. The average molecular weight is 366 g/mol. The van der Waals surface area contributed by atoms with Crippen LogP contribution in [-0.2, 0) is 23.1 Å². The molecular formula is C20H22N4O3. The zero-order valence-electron chi connectivity index (χ0n) is 15.8. The Hall–Kier alpha value is -3.22. The van der Waals surface area contributed by atoms with E-state index in [2.05, 4.69) is 10.1 Å². The van der Waals surface area contributed by atoms with Crippen LogP contribution in [-0.4, -0.2) is 44.7 Å². The van der Waals surface area contributed by atoms with Gasteiger partial charge >= 0.3 is 5.97 Å². The summed E-state index contributed by atoms with van der Waals surface area (Å²) in [5.41, 5.74) is 2.77. The number of likely N-dealkylation sites (N-methyl/N-ethyl adjacent to an activating group) is 1. The van der Waals surface area contributed by atoms with Gasteiger partial charge in [-0.1, -0.05) is 30.3 Å². The maximum absolute atomic E-state index is 12.5. The van der Waals surface area contributed by atoms with Crippen molar-refractivity contribution in [3.05, 3.63) is 59.4 Å². The second kappa shape index (κ2) is 7.57. The van der Waals surface area contributed by atoms with Crippen molar-refractivity contribution >= 4 is 22.9 Å². The van der Waals surface area contributed by atoms with E-state index >= 15 is 0 Å². The molecule has 0 aliphatic heterocycles.